The third-order valence-electron chi connectivity index (χ3n) is 5.24. The van der Waals surface area contributed by atoms with E-state index >= 15 is 0 Å². The van der Waals surface area contributed by atoms with Gasteiger partial charge in [0.15, 0.2) is 0 Å². The average molecular weight is 252 g/mol. The van der Waals surface area contributed by atoms with Crippen molar-refractivity contribution in [3.63, 3.8) is 0 Å². The number of nitrogens with zero attached hydrogens (tertiary/aromatic N) is 1. The lowest BCUT2D eigenvalue weighted by Gasteiger charge is -2.42. The number of hydrogen-bond donors (Lipinski definition) is 1. The molecule has 0 radical (unpaired) electrons. The second-order valence-electron chi connectivity index (χ2n) is 6.03. The second kappa shape index (κ2) is 6.05. The Morgan fingerprint density at radius 3 is 2.39 bits per heavy atom. The van der Waals surface area contributed by atoms with Gasteiger partial charge in [-0.2, -0.15) is 0 Å². The van der Waals surface area contributed by atoms with Crippen molar-refractivity contribution in [2.45, 2.75) is 64.8 Å². The van der Waals surface area contributed by atoms with Gasteiger partial charge in [-0.05, 0) is 37.6 Å². The van der Waals surface area contributed by atoms with Crippen LogP contribution in [0.1, 0.15) is 58.8 Å². The summed E-state index contributed by atoms with van der Waals surface area (Å²) >= 11 is 0. The molecule has 0 aromatic carbocycles. The summed E-state index contributed by atoms with van der Waals surface area (Å²) < 4.78 is 0. The first-order chi connectivity index (χ1) is 8.71. The van der Waals surface area contributed by atoms with Crippen LogP contribution in [0.15, 0.2) is 0 Å². The molecular weight excluding hydrogens is 224 g/mol. The number of piperidine rings is 2. The van der Waals surface area contributed by atoms with Crippen molar-refractivity contribution >= 4 is 5.91 Å². The number of rotatable bonds is 3. The summed E-state index contributed by atoms with van der Waals surface area (Å²) in [5, 5.41) is 3.37. The van der Waals surface area contributed by atoms with Gasteiger partial charge in [0.05, 0.1) is 6.04 Å². The fourth-order valence-corrected chi connectivity index (χ4v) is 3.44. The minimum atomic E-state index is 0.106. The summed E-state index contributed by atoms with van der Waals surface area (Å²) in [6.45, 7) is 7.54. The van der Waals surface area contributed by atoms with Crippen molar-refractivity contribution in [2.24, 2.45) is 5.41 Å². The zero-order valence-electron chi connectivity index (χ0n) is 12.0. The van der Waals surface area contributed by atoms with Gasteiger partial charge in [0.2, 0.25) is 5.91 Å². The molecule has 1 unspecified atom stereocenters. The molecule has 1 atom stereocenters. The normalized spacial score (nSPS) is 28.1. The van der Waals surface area contributed by atoms with Crippen molar-refractivity contribution in [1.29, 1.82) is 0 Å². The summed E-state index contributed by atoms with van der Waals surface area (Å²) in [6.07, 6.45) is 8.35. The molecule has 2 aliphatic rings. The van der Waals surface area contributed by atoms with E-state index in [4.69, 9.17) is 0 Å². The highest BCUT2D eigenvalue weighted by atomic mass is 16.2. The molecule has 104 valence electrons. The largest absolute Gasteiger partial charge is 0.341 e. The first-order valence-electron chi connectivity index (χ1n) is 7.73. The Kier molecular flexibility index (Phi) is 4.66. The third-order valence-corrected chi connectivity index (χ3v) is 5.24. The molecule has 0 bridgehead atoms. The molecule has 18 heavy (non-hydrogen) atoms. The lowest BCUT2D eigenvalue weighted by Crippen LogP contribution is -2.52. The van der Waals surface area contributed by atoms with Crippen LogP contribution in [0, 0.1) is 5.41 Å². The van der Waals surface area contributed by atoms with Gasteiger partial charge in [-0.15, -0.1) is 0 Å². The molecule has 0 spiro atoms. The number of nitrogens with one attached hydrogen (secondary N) is 1. The summed E-state index contributed by atoms with van der Waals surface area (Å²) in [6, 6.07) is 0.106. The molecule has 2 saturated heterocycles. The van der Waals surface area contributed by atoms with Gasteiger partial charge in [-0.3, -0.25) is 4.79 Å². The zero-order chi connectivity index (χ0) is 13.0. The van der Waals surface area contributed by atoms with Crippen LogP contribution in [0.3, 0.4) is 0 Å². The predicted octanol–water partition coefficient (Wildman–Crippen LogP) is 2.56. The fourth-order valence-electron chi connectivity index (χ4n) is 3.44. The molecule has 0 aromatic rings. The molecule has 2 heterocycles. The molecule has 1 amide bonds. The monoisotopic (exact) mass is 252 g/mol. The topological polar surface area (TPSA) is 32.3 Å². The van der Waals surface area contributed by atoms with Crippen LogP contribution in [0.25, 0.3) is 0 Å². The Bertz CT molecular complexity index is 270. The molecule has 1 N–H and O–H groups in total. The zero-order valence-corrected chi connectivity index (χ0v) is 12.0. The van der Waals surface area contributed by atoms with Gasteiger partial charge in [-0.1, -0.05) is 33.1 Å². The Labute approximate surface area is 111 Å². The molecule has 0 aromatic heterocycles. The van der Waals surface area contributed by atoms with E-state index in [0.29, 0.717) is 11.3 Å². The fraction of sp³-hybridized carbons (Fsp3) is 0.933. The average Bonchev–Trinajstić information content (AvgIpc) is 2.47. The third kappa shape index (κ3) is 2.87. The highest BCUT2D eigenvalue weighted by molar-refractivity contribution is 5.82. The van der Waals surface area contributed by atoms with Gasteiger partial charge in [0.25, 0.3) is 0 Å². The maximum Gasteiger partial charge on any atom is 0.239 e. The number of carbonyl (C=O) groups is 1. The van der Waals surface area contributed by atoms with E-state index < -0.39 is 0 Å². The van der Waals surface area contributed by atoms with Gasteiger partial charge in [0, 0.05) is 13.1 Å². The highest BCUT2D eigenvalue weighted by Gasteiger charge is 2.34. The number of carbonyl (C=O) groups excluding carboxylic acids is 1. The Balaban J connectivity index is 1.87. The van der Waals surface area contributed by atoms with Crippen LogP contribution in [0.2, 0.25) is 0 Å². The molecule has 2 fully saturated rings. The molecule has 3 heteroatoms. The van der Waals surface area contributed by atoms with Gasteiger partial charge in [-0.25, -0.2) is 0 Å². The number of likely N-dealkylation sites (tertiary alicyclic amines) is 1. The predicted molar refractivity (Wildman–Crippen MR) is 74.5 cm³/mol. The number of amides is 1. The van der Waals surface area contributed by atoms with Crippen LogP contribution in [-0.4, -0.2) is 36.5 Å². The van der Waals surface area contributed by atoms with Crippen molar-refractivity contribution in [3.8, 4) is 0 Å². The first kappa shape index (κ1) is 13.9. The molecule has 2 rings (SSSR count). The maximum atomic E-state index is 12.4. The lowest BCUT2D eigenvalue weighted by molar-refractivity contribution is -0.136. The maximum absolute atomic E-state index is 12.4. The van der Waals surface area contributed by atoms with E-state index in [-0.39, 0.29) is 6.04 Å². The van der Waals surface area contributed by atoms with Crippen molar-refractivity contribution in [1.82, 2.24) is 10.2 Å². The van der Waals surface area contributed by atoms with E-state index in [0.717, 1.165) is 26.1 Å². The van der Waals surface area contributed by atoms with Crippen LogP contribution in [-0.2, 0) is 4.79 Å². The minimum Gasteiger partial charge on any atom is -0.341 e. The van der Waals surface area contributed by atoms with Crippen molar-refractivity contribution < 1.29 is 4.79 Å². The second-order valence-corrected chi connectivity index (χ2v) is 6.03. The summed E-state index contributed by atoms with van der Waals surface area (Å²) in [5.74, 6) is 0.357. The van der Waals surface area contributed by atoms with E-state index in [1.54, 1.807) is 0 Å². The van der Waals surface area contributed by atoms with E-state index in [1.807, 2.05) is 0 Å². The van der Waals surface area contributed by atoms with Crippen LogP contribution in [0.5, 0.6) is 0 Å². The quantitative estimate of drug-likeness (QED) is 0.837. The Morgan fingerprint density at radius 2 is 1.89 bits per heavy atom. The molecular formula is C15H28N2O. The first-order valence-corrected chi connectivity index (χ1v) is 7.73. The van der Waals surface area contributed by atoms with Gasteiger partial charge in [0.1, 0.15) is 0 Å². The van der Waals surface area contributed by atoms with Crippen LogP contribution in [0.4, 0.5) is 0 Å². The standard InChI is InChI=1S/C15H28N2O/c1-3-15(4-2)8-11-17(12-9-15)14(18)13-7-5-6-10-16-13/h13,16H,3-12H2,1-2H3. The minimum absolute atomic E-state index is 0.106. The van der Waals surface area contributed by atoms with Crippen molar-refractivity contribution in [2.75, 3.05) is 19.6 Å². The molecule has 3 nitrogen and oxygen atoms in total. The smallest absolute Gasteiger partial charge is 0.239 e. The summed E-state index contributed by atoms with van der Waals surface area (Å²) in [7, 11) is 0. The SMILES string of the molecule is CCC1(CC)CCN(C(=O)C2CCCCN2)CC1. The highest BCUT2D eigenvalue weighted by Crippen LogP contribution is 2.38. The van der Waals surface area contributed by atoms with Gasteiger partial charge >= 0.3 is 0 Å². The Morgan fingerprint density at radius 1 is 1.22 bits per heavy atom. The van der Waals surface area contributed by atoms with E-state index in [9.17, 15) is 4.79 Å². The number of hydrogen-bond acceptors (Lipinski definition) is 2. The summed E-state index contributed by atoms with van der Waals surface area (Å²) in [5.41, 5.74) is 0.511. The molecule has 0 saturated carbocycles. The van der Waals surface area contributed by atoms with Crippen LogP contribution < -0.4 is 5.32 Å². The van der Waals surface area contributed by atoms with Crippen molar-refractivity contribution in [3.05, 3.63) is 0 Å². The summed E-state index contributed by atoms with van der Waals surface area (Å²) in [4.78, 5) is 14.5. The van der Waals surface area contributed by atoms with E-state index in [1.165, 1.54) is 38.5 Å². The Hall–Kier alpha value is -0.570. The van der Waals surface area contributed by atoms with Crippen LogP contribution >= 0.6 is 0 Å². The lowest BCUT2D eigenvalue weighted by atomic mass is 9.74. The molecule has 2 aliphatic heterocycles. The van der Waals surface area contributed by atoms with E-state index in [2.05, 4.69) is 24.1 Å². The van der Waals surface area contributed by atoms with Gasteiger partial charge < -0.3 is 10.2 Å². The molecule has 0 aliphatic carbocycles.